The highest BCUT2D eigenvalue weighted by Crippen LogP contribution is 2.31. The van der Waals surface area contributed by atoms with Gasteiger partial charge in [-0.05, 0) is 25.1 Å². The molecule has 0 saturated carbocycles. The monoisotopic (exact) mass is 266 g/mol. The maximum Gasteiger partial charge on any atom is 0.184 e. The molecule has 94 valence electrons. The number of hydrogen-bond donors (Lipinski definition) is 1. The van der Waals surface area contributed by atoms with Crippen LogP contribution in [0.2, 0.25) is 5.02 Å². The summed E-state index contributed by atoms with van der Waals surface area (Å²) >= 11 is 5.67. The Morgan fingerprint density at radius 2 is 2.00 bits per heavy atom. The van der Waals surface area contributed by atoms with Gasteiger partial charge in [0.15, 0.2) is 11.6 Å². The molecule has 4 heteroatoms. The van der Waals surface area contributed by atoms with E-state index >= 15 is 0 Å². The van der Waals surface area contributed by atoms with Gasteiger partial charge in [0.25, 0.3) is 0 Å². The standard InChI is InChI=1S/C14H12ClFO2/c1-9-5-6-12(10(7-9)8-17)18-13-4-2-3-11(15)14(13)16/h2-7,17H,8H2,1H3. The van der Waals surface area contributed by atoms with E-state index in [1.54, 1.807) is 18.2 Å². The van der Waals surface area contributed by atoms with Gasteiger partial charge < -0.3 is 9.84 Å². The molecule has 0 amide bonds. The highest BCUT2D eigenvalue weighted by atomic mass is 35.5. The molecule has 0 aliphatic heterocycles. The second-order valence-corrected chi connectivity index (χ2v) is 4.33. The van der Waals surface area contributed by atoms with E-state index in [1.165, 1.54) is 12.1 Å². The lowest BCUT2D eigenvalue weighted by molar-refractivity contribution is 0.276. The normalized spacial score (nSPS) is 10.4. The summed E-state index contributed by atoms with van der Waals surface area (Å²) in [5, 5.41) is 9.25. The third kappa shape index (κ3) is 2.63. The van der Waals surface area contributed by atoms with Gasteiger partial charge in [0.05, 0.1) is 11.6 Å². The zero-order chi connectivity index (χ0) is 13.1. The highest BCUT2D eigenvalue weighted by Gasteiger charge is 2.10. The number of halogens is 2. The van der Waals surface area contributed by atoms with Crippen molar-refractivity contribution in [3.8, 4) is 11.5 Å². The molecule has 2 rings (SSSR count). The fourth-order valence-corrected chi connectivity index (χ4v) is 1.78. The Morgan fingerprint density at radius 1 is 1.22 bits per heavy atom. The molecular formula is C14H12ClFO2. The van der Waals surface area contributed by atoms with E-state index < -0.39 is 5.82 Å². The summed E-state index contributed by atoms with van der Waals surface area (Å²) in [6.45, 7) is 1.74. The first-order chi connectivity index (χ1) is 8.61. The first-order valence-electron chi connectivity index (χ1n) is 5.44. The quantitative estimate of drug-likeness (QED) is 0.907. The van der Waals surface area contributed by atoms with E-state index in [9.17, 15) is 9.50 Å². The van der Waals surface area contributed by atoms with Crippen LogP contribution in [-0.4, -0.2) is 5.11 Å². The van der Waals surface area contributed by atoms with E-state index in [0.717, 1.165) is 5.56 Å². The number of aryl methyl sites for hydroxylation is 1. The van der Waals surface area contributed by atoms with Gasteiger partial charge in [0, 0.05) is 5.56 Å². The van der Waals surface area contributed by atoms with Crippen LogP contribution in [0.5, 0.6) is 11.5 Å². The van der Waals surface area contributed by atoms with Crippen LogP contribution >= 0.6 is 11.6 Å². The number of aliphatic hydroxyl groups excluding tert-OH is 1. The second-order valence-electron chi connectivity index (χ2n) is 3.92. The van der Waals surface area contributed by atoms with Crippen LogP contribution < -0.4 is 4.74 Å². The van der Waals surface area contributed by atoms with Gasteiger partial charge in [-0.15, -0.1) is 0 Å². The Kier molecular flexibility index (Phi) is 3.84. The first kappa shape index (κ1) is 12.9. The molecule has 0 spiro atoms. The van der Waals surface area contributed by atoms with E-state index in [4.69, 9.17) is 16.3 Å². The molecule has 0 fully saturated rings. The lowest BCUT2D eigenvalue weighted by Crippen LogP contribution is -1.94. The summed E-state index contributed by atoms with van der Waals surface area (Å²) in [5.74, 6) is -0.144. The van der Waals surface area contributed by atoms with Crippen molar-refractivity contribution in [2.24, 2.45) is 0 Å². The molecule has 2 nitrogen and oxygen atoms in total. The van der Waals surface area contributed by atoms with Crippen LogP contribution in [0.1, 0.15) is 11.1 Å². The van der Waals surface area contributed by atoms with E-state index in [2.05, 4.69) is 0 Å². The molecule has 1 N–H and O–H groups in total. The molecule has 0 bridgehead atoms. The molecule has 0 atom stereocenters. The third-order valence-electron chi connectivity index (χ3n) is 2.52. The molecule has 2 aromatic rings. The van der Waals surface area contributed by atoms with Gasteiger partial charge in [-0.25, -0.2) is 4.39 Å². The van der Waals surface area contributed by atoms with Crippen molar-refractivity contribution in [3.63, 3.8) is 0 Å². The van der Waals surface area contributed by atoms with Gasteiger partial charge in [0.1, 0.15) is 5.75 Å². The van der Waals surface area contributed by atoms with Crippen LogP contribution in [0, 0.1) is 12.7 Å². The highest BCUT2D eigenvalue weighted by molar-refractivity contribution is 6.30. The van der Waals surface area contributed by atoms with Gasteiger partial charge in [-0.3, -0.25) is 0 Å². The predicted octanol–water partition coefficient (Wildman–Crippen LogP) is 4.07. The van der Waals surface area contributed by atoms with Crippen molar-refractivity contribution >= 4 is 11.6 Å². The average molecular weight is 267 g/mol. The Balaban J connectivity index is 2.37. The maximum atomic E-state index is 13.7. The Labute approximate surface area is 110 Å². The van der Waals surface area contributed by atoms with Crippen LogP contribution in [0.4, 0.5) is 4.39 Å². The zero-order valence-corrected chi connectivity index (χ0v) is 10.5. The van der Waals surface area contributed by atoms with Gasteiger partial charge >= 0.3 is 0 Å². The van der Waals surface area contributed by atoms with Crippen molar-refractivity contribution in [2.75, 3.05) is 0 Å². The fraction of sp³-hybridized carbons (Fsp3) is 0.143. The summed E-state index contributed by atoms with van der Waals surface area (Å²) in [4.78, 5) is 0. The van der Waals surface area contributed by atoms with Crippen molar-refractivity contribution < 1.29 is 14.2 Å². The molecule has 0 aromatic heterocycles. The van der Waals surface area contributed by atoms with Crippen molar-refractivity contribution in [1.82, 2.24) is 0 Å². The molecule has 0 aliphatic rings. The fourth-order valence-electron chi connectivity index (χ4n) is 1.61. The Hall–Kier alpha value is -1.58. The van der Waals surface area contributed by atoms with Gasteiger partial charge in [-0.2, -0.15) is 0 Å². The van der Waals surface area contributed by atoms with Gasteiger partial charge in [-0.1, -0.05) is 35.4 Å². The number of rotatable bonds is 3. The van der Waals surface area contributed by atoms with Crippen LogP contribution in [0.15, 0.2) is 36.4 Å². The van der Waals surface area contributed by atoms with Crippen molar-refractivity contribution in [1.29, 1.82) is 0 Å². The summed E-state index contributed by atoms with van der Waals surface area (Å²) in [6.07, 6.45) is 0. The lowest BCUT2D eigenvalue weighted by Gasteiger charge is -2.11. The summed E-state index contributed by atoms with van der Waals surface area (Å²) in [7, 11) is 0. The number of aliphatic hydroxyl groups is 1. The summed E-state index contributed by atoms with van der Waals surface area (Å²) in [5.41, 5.74) is 1.60. The Morgan fingerprint density at radius 3 is 2.72 bits per heavy atom. The van der Waals surface area contributed by atoms with E-state index in [1.807, 2.05) is 13.0 Å². The smallest absolute Gasteiger partial charge is 0.184 e. The zero-order valence-electron chi connectivity index (χ0n) is 9.78. The molecule has 0 saturated heterocycles. The average Bonchev–Trinajstić information content (AvgIpc) is 2.37. The molecule has 0 aliphatic carbocycles. The third-order valence-corrected chi connectivity index (χ3v) is 2.81. The number of hydrogen-bond acceptors (Lipinski definition) is 2. The minimum absolute atomic E-state index is 0.00478. The molecule has 18 heavy (non-hydrogen) atoms. The largest absolute Gasteiger partial charge is 0.454 e. The number of benzene rings is 2. The van der Waals surface area contributed by atoms with Crippen molar-refractivity contribution in [3.05, 3.63) is 58.4 Å². The van der Waals surface area contributed by atoms with Gasteiger partial charge in [0.2, 0.25) is 0 Å². The molecule has 0 heterocycles. The van der Waals surface area contributed by atoms with Crippen molar-refractivity contribution in [2.45, 2.75) is 13.5 Å². The SMILES string of the molecule is Cc1ccc(Oc2cccc(Cl)c2F)c(CO)c1. The summed E-state index contributed by atoms with van der Waals surface area (Å²) < 4.78 is 19.1. The molecule has 0 unspecified atom stereocenters. The Bertz CT molecular complexity index is 570. The second kappa shape index (κ2) is 5.38. The minimum Gasteiger partial charge on any atom is -0.454 e. The maximum absolute atomic E-state index is 13.7. The minimum atomic E-state index is -0.608. The summed E-state index contributed by atoms with van der Waals surface area (Å²) in [6, 6.07) is 9.86. The molecular weight excluding hydrogens is 255 g/mol. The van der Waals surface area contributed by atoms with Crippen LogP contribution in [0.25, 0.3) is 0 Å². The number of ether oxygens (including phenoxy) is 1. The first-order valence-corrected chi connectivity index (χ1v) is 5.82. The lowest BCUT2D eigenvalue weighted by atomic mass is 10.1. The van der Waals surface area contributed by atoms with Crippen LogP contribution in [0.3, 0.4) is 0 Å². The topological polar surface area (TPSA) is 29.5 Å². The predicted molar refractivity (Wildman–Crippen MR) is 68.6 cm³/mol. The molecule has 0 radical (unpaired) electrons. The van der Waals surface area contributed by atoms with E-state index in [0.29, 0.717) is 11.3 Å². The van der Waals surface area contributed by atoms with Crippen LogP contribution in [-0.2, 0) is 6.61 Å². The van der Waals surface area contributed by atoms with E-state index in [-0.39, 0.29) is 17.4 Å². The molecule has 2 aromatic carbocycles.